The first-order valence-electron chi connectivity index (χ1n) is 4.78. The molecule has 1 N–H and O–H groups in total. The van der Waals surface area contributed by atoms with Crippen LogP contribution < -0.4 is 4.74 Å². The molecule has 1 aromatic rings. The highest BCUT2D eigenvalue weighted by Gasteiger charge is 2.03. The summed E-state index contributed by atoms with van der Waals surface area (Å²) in [6.45, 7) is 4.62. The van der Waals surface area contributed by atoms with Gasteiger partial charge in [-0.2, -0.15) is 0 Å². The lowest BCUT2D eigenvalue weighted by Gasteiger charge is -2.07. The van der Waals surface area contributed by atoms with E-state index in [0.29, 0.717) is 5.75 Å². The summed E-state index contributed by atoms with van der Waals surface area (Å²) in [6, 6.07) is 6.84. The van der Waals surface area contributed by atoms with Crippen molar-refractivity contribution in [2.24, 2.45) is 0 Å². The summed E-state index contributed by atoms with van der Waals surface area (Å²) < 4.78 is 5.05. The SMILES string of the molecule is COc1cc(CC[Si](C)C)ccc1O. The van der Waals surface area contributed by atoms with Crippen molar-refractivity contribution in [2.75, 3.05) is 7.11 Å². The van der Waals surface area contributed by atoms with Gasteiger partial charge < -0.3 is 9.84 Å². The molecule has 0 spiro atoms. The van der Waals surface area contributed by atoms with E-state index < -0.39 is 0 Å². The van der Waals surface area contributed by atoms with Gasteiger partial charge in [0.2, 0.25) is 0 Å². The van der Waals surface area contributed by atoms with Crippen LogP contribution in [0.25, 0.3) is 0 Å². The molecular formula is C11H17O2Si. The smallest absolute Gasteiger partial charge is 0.160 e. The maximum atomic E-state index is 9.39. The van der Waals surface area contributed by atoms with Crippen LogP contribution >= 0.6 is 0 Å². The van der Waals surface area contributed by atoms with Crippen LogP contribution in [0, 0.1) is 0 Å². The molecule has 0 fully saturated rings. The lowest BCUT2D eigenvalue weighted by atomic mass is 10.1. The average molecular weight is 209 g/mol. The van der Waals surface area contributed by atoms with Gasteiger partial charge in [0.05, 0.1) is 7.11 Å². The van der Waals surface area contributed by atoms with Crippen molar-refractivity contribution >= 4 is 8.80 Å². The highest BCUT2D eigenvalue weighted by Crippen LogP contribution is 2.26. The van der Waals surface area contributed by atoms with Crippen LogP contribution in [0.2, 0.25) is 19.1 Å². The van der Waals surface area contributed by atoms with Gasteiger partial charge in [0, 0.05) is 8.80 Å². The third kappa shape index (κ3) is 3.07. The molecule has 0 aliphatic carbocycles. The summed E-state index contributed by atoms with van der Waals surface area (Å²) in [5, 5.41) is 9.39. The summed E-state index contributed by atoms with van der Waals surface area (Å²) in [4.78, 5) is 0. The van der Waals surface area contributed by atoms with Crippen LogP contribution in [0.1, 0.15) is 5.56 Å². The molecule has 0 atom stereocenters. The molecule has 0 saturated carbocycles. The molecule has 1 rings (SSSR count). The molecule has 77 valence electrons. The van der Waals surface area contributed by atoms with Crippen molar-refractivity contribution in [2.45, 2.75) is 25.6 Å². The summed E-state index contributed by atoms with van der Waals surface area (Å²) in [5.41, 5.74) is 1.24. The van der Waals surface area contributed by atoms with E-state index in [9.17, 15) is 5.11 Å². The molecule has 1 aromatic carbocycles. The van der Waals surface area contributed by atoms with E-state index in [1.165, 1.54) is 11.6 Å². The van der Waals surface area contributed by atoms with Crippen LogP contribution in [-0.2, 0) is 6.42 Å². The first-order valence-corrected chi connectivity index (χ1v) is 7.49. The van der Waals surface area contributed by atoms with E-state index in [1.54, 1.807) is 13.2 Å². The van der Waals surface area contributed by atoms with Gasteiger partial charge in [-0.05, 0) is 24.1 Å². The topological polar surface area (TPSA) is 29.5 Å². The summed E-state index contributed by atoms with van der Waals surface area (Å²) >= 11 is 0. The minimum Gasteiger partial charge on any atom is -0.504 e. The van der Waals surface area contributed by atoms with Crippen molar-refractivity contribution in [3.8, 4) is 11.5 Å². The normalized spacial score (nSPS) is 10.6. The van der Waals surface area contributed by atoms with Crippen molar-refractivity contribution in [1.82, 2.24) is 0 Å². The van der Waals surface area contributed by atoms with E-state index in [4.69, 9.17) is 4.74 Å². The van der Waals surface area contributed by atoms with E-state index in [0.717, 1.165) is 6.42 Å². The number of phenols is 1. The Morgan fingerprint density at radius 3 is 2.64 bits per heavy atom. The predicted molar refractivity (Wildman–Crippen MR) is 60.7 cm³/mol. The number of hydrogen-bond acceptors (Lipinski definition) is 2. The predicted octanol–water partition coefficient (Wildman–Crippen LogP) is 2.70. The molecule has 1 radical (unpaired) electrons. The highest BCUT2D eigenvalue weighted by atomic mass is 28.3. The third-order valence-electron chi connectivity index (χ3n) is 2.16. The molecule has 0 unspecified atom stereocenters. The van der Waals surface area contributed by atoms with Crippen molar-refractivity contribution in [3.63, 3.8) is 0 Å². The molecule has 0 amide bonds. The zero-order valence-electron chi connectivity index (χ0n) is 9.00. The van der Waals surface area contributed by atoms with E-state index in [-0.39, 0.29) is 14.5 Å². The number of benzene rings is 1. The van der Waals surface area contributed by atoms with Gasteiger partial charge in [-0.1, -0.05) is 25.2 Å². The number of rotatable bonds is 4. The first-order chi connectivity index (χ1) is 6.63. The van der Waals surface area contributed by atoms with Crippen LogP contribution in [0.3, 0.4) is 0 Å². The van der Waals surface area contributed by atoms with E-state index in [2.05, 4.69) is 13.1 Å². The van der Waals surface area contributed by atoms with Crippen molar-refractivity contribution < 1.29 is 9.84 Å². The molecule has 14 heavy (non-hydrogen) atoms. The Bertz CT molecular complexity index is 297. The number of ether oxygens (including phenoxy) is 1. The second-order valence-corrected chi connectivity index (χ2v) is 6.63. The van der Waals surface area contributed by atoms with Gasteiger partial charge in [-0.25, -0.2) is 0 Å². The fraction of sp³-hybridized carbons (Fsp3) is 0.455. The van der Waals surface area contributed by atoms with Crippen LogP contribution in [-0.4, -0.2) is 21.0 Å². The lowest BCUT2D eigenvalue weighted by molar-refractivity contribution is 0.373. The highest BCUT2D eigenvalue weighted by molar-refractivity contribution is 6.55. The van der Waals surface area contributed by atoms with Gasteiger partial charge in [-0.3, -0.25) is 0 Å². The molecule has 0 aliphatic heterocycles. The molecule has 3 heteroatoms. The van der Waals surface area contributed by atoms with Crippen molar-refractivity contribution in [3.05, 3.63) is 23.8 Å². The minimum absolute atomic E-state index is 0.165. The number of aryl methyl sites for hydroxylation is 1. The summed E-state index contributed by atoms with van der Waals surface area (Å²) in [5.74, 6) is 0.790. The maximum absolute atomic E-state index is 9.39. The van der Waals surface area contributed by atoms with E-state index >= 15 is 0 Å². The minimum atomic E-state index is -0.165. The summed E-state index contributed by atoms with van der Waals surface area (Å²) in [6.07, 6.45) is 1.08. The Morgan fingerprint density at radius 2 is 2.07 bits per heavy atom. The first kappa shape index (κ1) is 11.1. The fourth-order valence-corrected chi connectivity index (χ4v) is 2.06. The molecule has 0 heterocycles. The maximum Gasteiger partial charge on any atom is 0.160 e. The number of aromatic hydroxyl groups is 1. The fourth-order valence-electron chi connectivity index (χ4n) is 1.27. The number of methoxy groups -OCH3 is 1. The standard InChI is InChI=1S/C11H17O2Si/c1-13-11-8-9(4-5-10(11)12)6-7-14(2)3/h4-5,8,12H,6-7H2,1-3H3. The van der Waals surface area contributed by atoms with Crippen molar-refractivity contribution in [1.29, 1.82) is 0 Å². The summed E-state index contributed by atoms with van der Waals surface area (Å²) in [7, 11) is 1.41. The molecule has 0 aromatic heterocycles. The lowest BCUT2D eigenvalue weighted by Crippen LogP contribution is -2.01. The van der Waals surface area contributed by atoms with Crippen LogP contribution in [0.5, 0.6) is 11.5 Å². The Hall–Kier alpha value is -0.963. The largest absolute Gasteiger partial charge is 0.504 e. The molecule has 0 bridgehead atoms. The quantitative estimate of drug-likeness (QED) is 0.773. The van der Waals surface area contributed by atoms with Gasteiger partial charge >= 0.3 is 0 Å². The molecule has 2 nitrogen and oxygen atoms in total. The Kier molecular flexibility index (Phi) is 4.01. The average Bonchev–Trinajstić information content (AvgIpc) is 2.16. The number of hydrogen-bond donors (Lipinski definition) is 1. The van der Waals surface area contributed by atoms with Crippen LogP contribution in [0.4, 0.5) is 0 Å². The van der Waals surface area contributed by atoms with E-state index in [1.807, 2.05) is 12.1 Å². The third-order valence-corrected chi connectivity index (χ3v) is 3.41. The zero-order chi connectivity index (χ0) is 10.6. The Morgan fingerprint density at radius 1 is 1.36 bits per heavy atom. The van der Waals surface area contributed by atoms with Gasteiger partial charge in [0.15, 0.2) is 11.5 Å². The van der Waals surface area contributed by atoms with Gasteiger partial charge in [-0.15, -0.1) is 0 Å². The monoisotopic (exact) mass is 209 g/mol. The zero-order valence-corrected chi connectivity index (χ0v) is 10.0. The second-order valence-electron chi connectivity index (χ2n) is 3.71. The second kappa shape index (κ2) is 5.05. The Balaban J connectivity index is 2.69. The van der Waals surface area contributed by atoms with Gasteiger partial charge in [0.1, 0.15) is 0 Å². The van der Waals surface area contributed by atoms with Crippen LogP contribution in [0.15, 0.2) is 18.2 Å². The molecule has 0 saturated heterocycles. The number of phenolic OH excluding ortho intramolecular Hbond substituents is 1. The molecule has 0 aliphatic rings. The molecular weight excluding hydrogens is 192 g/mol. The Labute approximate surface area is 87.1 Å². The van der Waals surface area contributed by atoms with Gasteiger partial charge in [0.25, 0.3) is 0 Å².